The van der Waals surface area contributed by atoms with Crippen molar-refractivity contribution in [2.75, 3.05) is 0 Å². The van der Waals surface area contributed by atoms with Crippen LogP contribution in [0, 0.1) is 12.8 Å². The number of para-hydroxylation sites is 1. The smallest absolute Gasteiger partial charge is 0.233 e. The van der Waals surface area contributed by atoms with Gasteiger partial charge in [-0.2, -0.15) is 0 Å². The van der Waals surface area contributed by atoms with Gasteiger partial charge in [0, 0.05) is 18.4 Å². The molecule has 1 aromatic carbocycles. The molecule has 1 heterocycles. The van der Waals surface area contributed by atoms with Gasteiger partial charge in [0.25, 0.3) is 0 Å². The number of nitrogens with one attached hydrogen (secondary N) is 1. The summed E-state index contributed by atoms with van der Waals surface area (Å²) in [6.07, 6.45) is 8.56. The quantitative estimate of drug-likeness (QED) is 0.809. The number of thioether (sulfide) groups is 1. The number of hydrogen-bond acceptors (Lipinski definition) is 3. The number of aromatic nitrogens is 2. The van der Waals surface area contributed by atoms with Crippen LogP contribution in [0.25, 0.3) is 5.69 Å². The molecule has 134 valence electrons. The van der Waals surface area contributed by atoms with E-state index in [1.807, 2.05) is 25.3 Å². The van der Waals surface area contributed by atoms with Crippen LogP contribution in [-0.2, 0) is 4.79 Å². The molecule has 1 fully saturated rings. The van der Waals surface area contributed by atoms with Crippen LogP contribution >= 0.6 is 11.8 Å². The lowest BCUT2D eigenvalue weighted by Crippen LogP contribution is -2.44. The van der Waals surface area contributed by atoms with Crippen molar-refractivity contribution < 1.29 is 4.79 Å². The molecule has 3 atom stereocenters. The molecular weight excluding hydrogens is 330 g/mol. The number of rotatable bonds is 5. The molecule has 1 amide bonds. The van der Waals surface area contributed by atoms with E-state index in [4.69, 9.17) is 0 Å². The zero-order valence-electron chi connectivity index (χ0n) is 15.2. The Morgan fingerprint density at radius 1 is 1.32 bits per heavy atom. The lowest BCUT2D eigenvalue weighted by atomic mass is 9.86. The minimum absolute atomic E-state index is 0.114. The van der Waals surface area contributed by atoms with Crippen LogP contribution in [0.1, 0.15) is 45.1 Å². The third-order valence-corrected chi connectivity index (χ3v) is 6.15. The molecule has 0 bridgehead atoms. The van der Waals surface area contributed by atoms with Gasteiger partial charge >= 0.3 is 0 Å². The number of aryl methyl sites for hydroxylation is 1. The second kappa shape index (κ2) is 8.09. The molecule has 0 unspecified atom stereocenters. The van der Waals surface area contributed by atoms with Gasteiger partial charge in [-0.25, -0.2) is 4.98 Å². The summed E-state index contributed by atoms with van der Waals surface area (Å²) in [5, 5.41) is 3.94. The predicted octanol–water partition coefficient (Wildman–Crippen LogP) is 4.36. The molecule has 1 aromatic heterocycles. The Balaban J connectivity index is 1.67. The molecule has 0 radical (unpaired) electrons. The summed E-state index contributed by atoms with van der Waals surface area (Å²) in [6.45, 7) is 6.29. The first-order valence-electron chi connectivity index (χ1n) is 9.12. The lowest BCUT2D eigenvalue weighted by molar-refractivity contribution is -0.121. The maximum atomic E-state index is 12.6. The first-order chi connectivity index (χ1) is 12.1. The highest BCUT2D eigenvalue weighted by Crippen LogP contribution is 2.28. The van der Waals surface area contributed by atoms with Crippen molar-refractivity contribution in [2.24, 2.45) is 5.92 Å². The molecule has 0 aliphatic heterocycles. The highest BCUT2D eigenvalue weighted by molar-refractivity contribution is 8.00. The summed E-state index contributed by atoms with van der Waals surface area (Å²) >= 11 is 1.52. The lowest BCUT2D eigenvalue weighted by Gasteiger charge is -2.30. The van der Waals surface area contributed by atoms with Gasteiger partial charge in [-0.1, -0.05) is 49.7 Å². The molecule has 1 aliphatic rings. The van der Waals surface area contributed by atoms with E-state index in [0.29, 0.717) is 12.0 Å². The zero-order chi connectivity index (χ0) is 17.8. The van der Waals surface area contributed by atoms with E-state index < -0.39 is 0 Å². The predicted molar refractivity (Wildman–Crippen MR) is 103 cm³/mol. The van der Waals surface area contributed by atoms with Gasteiger partial charge in [-0.05, 0) is 44.2 Å². The van der Waals surface area contributed by atoms with Crippen LogP contribution in [0.3, 0.4) is 0 Å². The number of hydrogen-bond donors (Lipinski definition) is 1. The monoisotopic (exact) mass is 357 g/mol. The second-order valence-corrected chi connectivity index (χ2v) is 8.31. The zero-order valence-corrected chi connectivity index (χ0v) is 16.1. The molecule has 25 heavy (non-hydrogen) atoms. The third-order valence-electron chi connectivity index (χ3n) is 5.07. The highest BCUT2D eigenvalue weighted by atomic mass is 32.2. The van der Waals surface area contributed by atoms with Gasteiger partial charge in [-0.3, -0.25) is 9.36 Å². The molecule has 0 saturated heterocycles. The van der Waals surface area contributed by atoms with E-state index >= 15 is 0 Å². The molecule has 5 heteroatoms. The Kier molecular flexibility index (Phi) is 5.84. The topological polar surface area (TPSA) is 46.9 Å². The van der Waals surface area contributed by atoms with Gasteiger partial charge in [0.05, 0.1) is 10.9 Å². The Hall–Kier alpha value is -1.75. The molecule has 3 rings (SSSR count). The first kappa shape index (κ1) is 18.1. The minimum Gasteiger partial charge on any atom is -0.352 e. The summed E-state index contributed by atoms with van der Waals surface area (Å²) in [5.41, 5.74) is 2.30. The minimum atomic E-state index is -0.167. The van der Waals surface area contributed by atoms with Crippen molar-refractivity contribution in [3.8, 4) is 5.69 Å². The van der Waals surface area contributed by atoms with Gasteiger partial charge in [0.15, 0.2) is 5.16 Å². The first-order valence-corrected chi connectivity index (χ1v) is 10.0. The number of carbonyl (C=O) groups is 1. The Bertz CT molecular complexity index is 727. The Morgan fingerprint density at radius 3 is 2.84 bits per heavy atom. The molecule has 1 aliphatic carbocycles. The number of benzene rings is 1. The maximum Gasteiger partial charge on any atom is 0.233 e. The Labute approximate surface area is 154 Å². The van der Waals surface area contributed by atoms with E-state index in [1.54, 1.807) is 6.20 Å². The molecule has 4 nitrogen and oxygen atoms in total. The van der Waals surface area contributed by atoms with Crippen LogP contribution in [0.15, 0.2) is 41.8 Å². The van der Waals surface area contributed by atoms with E-state index in [9.17, 15) is 4.79 Å². The van der Waals surface area contributed by atoms with Crippen LogP contribution in [0.2, 0.25) is 0 Å². The molecule has 1 saturated carbocycles. The van der Waals surface area contributed by atoms with Crippen molar-refractivity contribution in [3.63, 3.8) is 0 Å². The summed E-state index contributed by atoms with van der Waals surface area (Å²) in [6, 6.07) is 8.54. The summed E-state index contributed by atoms with van der Waals surface area (Å²) in [5.74, 6) is 0.687. The number of carbonyl (C=O) groups excluding carboxylic acids is 1. The molecular formula is C20H27N3OS. The number of nitrogens with zero attached hydrogens (tertiary/aromatic N) is 2. The second-order valence-electron chi connectivity index (χ2n) is 7.00. The number of amides is 1. The van der Waals surface area contributed by atoms with Crippen molar-refractivity contribution >= 4 is 17.7 Å². The molecule has 1 N–H and O–H groups in total. The van der Waals surface area contributed by atoms with E-state index in [1.165, 1.54) is 36.6 Å². The molecule has 0 spiro atoms. The highest BCUT2D eigenvalue weighted by Gasteiger charge is 2.26. The largest absolute Gasteiger partial charge is 0.352 e. The Morgan fingerprint density at radius 2 is 2.08 bits per heavy atom. The van der Waals surface area contributed by atoms with Crippen molar-refractivity contribution in [1.82, 2.24) is 14.9 Å². The molecule has 2 aromatic rings. The van der Waals surface area contributed by atoms with Crippen LogP contribution in [0.5, 0.6) is 0 Å². The fourth-order valence-electron chi connectivity index (χ4n) is 3.44. The number of imidazole rings is 1. The van der Waals surface area contributed by atoms with Gasteiger partial charge in [-0.15, -0.1) is 0 Å². The van der Waals surface area contributed by atoms with Crippen LogP contribution in [0.4, 0.5) is 0 Å². The fraction of sp³-hybridized carbons (Fsp3) is 0.500. The van der Waals surface area contributed by atoms with Gasteiger partial charge in [0.1, 0.15) is 0 Å². The summed E-state index contributed by atoms with van der Waals surface area (Å²) in [7, 11) is 0. The van der Waals surface area contributed by atoms with Crippen molar-refractivity contribution in [2.45, 2.75) is 62.9 Å². The third kappa shape index (κ3) is 4.27. The normalized spacial score (nSPS) is 21.7. The van der Waals surface area contributed by atoms with E-state index in [2.05, 4.69) is 40.8 Å². The summed E-state index contributed by atoms with van der Waals surface area (Å²) < 4.78 is 2.06. The average Bonchev–Trinajstić information content (AvgIpc) is 3.05. The van der Waals surface area contributed by atoms with E-state index in [-0.39, 0.29) is 11.2 Å². The van der Waals surface area contributed by atoms with E-state index in [0.717, 1.165) is 17.3 Å². The average molecular weight is 358 g/mol. The van der Waals surface area contributed by atoms with Gasteiger partial charge in [0.2, 0.25) is 5.91 Å². The van der Waals surface area contributed by atoms with Crippen LogP contribution < -0.4 is 5.32 Å². The maximum absolute atomic E-state index is 12.6. The van der Waals surface area contributed by atoms with Crippen molar-refractivity contribution in [1.29, 1.82) is 0 Å². The van der Waals surface area contributed by atoms with Crippen molar-refractivity contribution in [3.05, 3.63) is 42.2 Å². The van der Waals surface area contributed by atoms with Crippen LogP contribution in [-0.4, -0.2) is 26.8 Å². The SMILES string of the molecule is Cc1ccccc1-n1ccnc1S[C@H](C)C(=O)N[C@H]1CCCC[C@@H]1C. The van der Waals surface area contributed by atoms with Gasteiger partial charge < -0.3 is 5.32 Å². The standard InChI is InChI=1S/C20H27N3OS/c1-14-8-4-6-10-17(14)22-19(24)16(3)25-20-21-12-13-23(20)18-11-7-5-9-15(18)2/h5,7,9,11-14,16-17H,4,6,8,10H2,1-3H3,(H,22,24)/t14-,16+,17-/m0/s1. The fourth-order valence-corrected chi connectivity index (χ4v) is 4.32. The summed E-state index contributed by atoms with van der Waals surface area (Å²) in [4.78, 5) is 17.1.